The van der Waals surface area contributed by atoms with Crippen LogP contribution >= 0.6 is 0 Å². The summed E-state index contributed by atoms with van der Waals surface area (Å²) in [6, 6.07) is 20.8. The van der Waals surface area contributed by atoms with Crippen molar-refractivity contribution in [3.63, 3.8) is 0 Å². The van der Waals surface area contributed by atoms with Crippen LogP contribution in [0, 0.1) is 0 Å². The number of nitrogens with zero attached hydrogens (tertiary/aromatic N) is 1. The highest BCUT2D eigenvalue weighted by Crippen LogP contribution is 2.37. The lowest BCUT2D eigenvalue weighted by Gasteiger charge is -2.24. The number of carbonyl (C=O) groups excluding carboxylic acids is 1. The van der Waals surface area contributed by atoms with E-state index in [4.69, 9.17) is 4.74 Å². The van der Waals surface area contributed by atoms with Crippen LogP contribution in [0.25, 0.3) is 0 Å². The molecule has 2 atom stereocenters. The molecule has 3 aromatic rings. The van der Waals surface area contributed by atoms with Crippen LogP contribution < -0.4 is 14.4 Å². The Morgan fingerprint density at radius 3 is 2.41 bits per heavy atom. The zero-order chi connectivity index (χ0) is 22.9. The van der Waals surface area contributed by atoms with Gasteiger partial charge in [-0.15, -0.1) is 0 Å². The van der Waals surface area contributed by atoms with Crippen LogP contribution in [0.4, 0.5) is 5.69 Å². The average molecular weight is 451 g/mol. The molecule has 0 aliphatic carbocycles. The SMILES string of the molecule is COc1ccc(C(C)NC(=O)c2ccc3c(c2)CC(C)N3S(=O)(=O)c2ccccc2)cc1. The highest BCUT2D eigenvalue weighted by Gasteiger charge is 2.36. The molecule has 0 bridgehead atoms. The summed E-state index contributed by atoms with van der Waals surface area (Å²) >= 11 is 0. The zero-order valence-corrected chi connectivity index (χ0v) is 19.1. The molecular formula is C25H26N2O4S. The lowest BCUT2D eigenvalue weighted by molar-refractivity contribution is 0.0940. The second-order valence-corrected chi connectivity index (χ2v) is 9.79. The van der Waals surface area contributed by atoms with Crippen LogP contribution in [0.3, 0.4) is 0 Å². The van der Waals surface area contributed by atoms with Gasteiger partial charge < -0.3 is 10.1 Å². The Balaban J connectivity index is 1.55. The van der Waals surface area contributed by atoms with Gasteiger partial charge >= 0.3 is 0 Å². The molecule has 0 radical (unpaired) electrons. The van der Waals surface area contributed by atoms with Crippen LogP contribution in [0.2, 0.25) is 0 Å². The van der Waals surface area contributed by atoms with E-state index in [1.165, 1.54) is 4.31 Å². The van der Waals surface area contributed by atoms with Gasteiger partial charge in [0, 0.05) is 11.6 Å². The van der Waals surface area contributed by atoms with Crippen molar-refractivity contribution in [1.29, 1.82) is 0 Å². The second kappa shape index (κ2) is 8.67. The summed E-state index contributed by atoms with van der Waals surface area (Å²) in [5.74, 6) is 0.558. The van der Waals surface area contributed by atoms with Crippen molar-refractivity contribution in [2.24, 2.45) is 0 Å². The summed E-state index contributed by atoms with van der Waals surface area (Å²) in [5, 5.41) is 3.01. The maximum absolute atomic E-state index is 13.2. The van der Waals surface area contributed by atoms with E-state index >= 15 is 0 Å². The Hall–Kier alpha value is -3.32. The van der Waals surface area contributed by atoms with Crippen LogP contribution in [-0.2, 0) is 16.4 Å². The summed E-state index contributed by atoms with van der Waals surface area (Å²) in [4.78, 5) is 13.1. The third kappa shape index (κ3) is 4.08. The molecule has 1 heterocycles. The molecule has 32 heavy (non-hydrogen) atoms. The molecule has 1 aliphatic heterocycles. The lowest BCUT2D eigenvalue weighted by atomic mass is 10.0. The molecule has 1 aliphatic rings. The van der Waals surface area contributed by atoms with Crippen molar-refractivity contribution in [2.75, 3.05) is 11.4 Å². The van der Waals surface area contributed by atoms with Crippen molar-refractivity contribution in [1.82, 2.24) is 5.32 Å². The molecule has 0 saturated carbocycles. The first-order chi connectivity index (χ1) is 15.3. The number of amides is 1. The van der Waals surface area contributed by atoms with Crippen LogP contribution in [0.15, 0.2) is 77.7 Å². The predicted molar refractivity (Wildman–Crippen MR) is 125 cm³/mol. The highest BCUT2D eigenvalue weighted by molar-refractivity contribution is 7.92. The van der Waals surface area contributed by atoms with Gasteiger partial charge in [-0.25, -0.2) is 8.42 Å². The van der Waals surface area contributed by atoms with Crippen LogP contribution in [-0.4, -0.2) is 27.5 Å². The van der Waals surface area contributed by atoms with Gasteiger partial charge in [-0.1, -0.05) is 30.3 Å². The first kappa shape index (κ1) is 21.9. The molecule has 7 heteroatoms. The third-order valence-corrected chi connectivity index (χ3v) is 7.70. The normalized spacial score (nSPS) is 16.3. The van der Waals surface area contributed by atoms with Gasteiger partial charge in [-0.2, -0.15) is 0 Å². The van der Waals surface area contributed by atoms with E-state index in [2.05, 4.69) is 5.32 Å². The van der Waals surface area contributed by atoms with Gasteiger partial charge in [0.2, 0.25) is 0 Å². The number of carbonyl (C=O) groups is 1. The Morgan fingerprint density at radius 1 is 1.06 bits per heavy atom. The van der Waals surface area contributed by atoms with Crippen molar-refractivity contribution in [3.8, 4) is 5.75 Å². The Kier molecular flexibility index (Phi) is 5.93. The molecule has 0 saturated heterocycles. The van der Waals surface area contributed by atoms with E-state index in [0.717, 1.165) is 16.9 Å². The van der Waals surface area contributed by atoms with Crippen molar-refractivity contribution in [3.05, 3.63) is 89.5 Å². The molecule has 3 aromatic carbocycles. The molecule has 0 fully saturated rings. The predicted octanol–water partition coefficient (Wildman–Crippen LogP) is 4.33. The van der Waals surface area contributed by atoms with E-state index in [1.807, 2.05) is 38.1 Å². The number of hydrogen-bond donors (Lipinski definition) is 1. The summed E-state index contributed by atoms with van der Waals surface area (Å²) in [6.45, 7) is 3.80. The molecular weight excluding hydrogens is 424 g/mol. The van der Waals surface area contributed by atoms with Gasteiger partial charge in [0.25, 0.3) is 15.9 Å². The second-order valence-electron chi connectivity index (χ2n) is 7.98. The van der Waals surface area contributed by atoms with E-state index in [1.54, 1.807) is 55.6 Å². The fourth-order valence-electron chi connectivity index (χ4n) is 4.07. The Labute approximate surface area is 188 Å². The van der Waals surface area contributed by atoms with E-state index in [0.29, 0.717) is 17.7 Å². The van der Waals surface area contributed by atoms with Crippen molar-refractivity contribution < 1.29 is 17.9 Å². The Bertz CT molecular complexity index is 1220. The summed E-state index contributed by atoms with van der Waals surface area (Å²) in [5.41, 5.74) is 2.95. The summed E-state index contributed by atoms with van der Waals surface area (Å²) < 4.78 is 33.1. The average Bonchev–Trinajstić information content (AvgIpc) is 3.15. The quantitative estimate of drug-likeness (QED) is 0.607. The molecule has 1 N–H and O–H groups in total. The smallest absolute Gasteiger partial charge is 0.264 e. The number of benzene rings is 3. The topological polar surface area (TPSA) is 75.7 Å². The molecule has 166 valence electrons. The number of sulfonamides is 1. The highest BCUT2D eigenvalue weighted by atomic mass is 32.2. The van der Waals surface area contributed by atoms with Gasteiger partial charge in [-0.05, 0) is 73.9 Å². The molecule has 6 nitrogen and oxygen atoms in total. The van der Waals surface area contributed by atoms with E-state index in [-0.39, 0.29) is 22.9 Å². The van der Waals surface area contributed by atoms with E-state index in [9.17, 15) is 13.2 Å². The van der Waals surface area contributed by atoms with Crippen LogP contribution in [0.1, 0.15) is 41.4 Å². The minimum atomic E-state index is -3.67. The maximum atomic E-state index is 13.2. The number of anilines is 1. The number of fused-ring (bicyclic) bond motifs is 1. The Morgan fingerprint density at radius 2 is 1.75 bits per heavy atom. The summed E-state index contributed by atoms with van der Waals surface area (Å²) in [7, 11) is -2.06. The van der Waals surface area contributed by atoms with Gasteiger partial charge in [-0.3, -0.25) is 9.10 Å². The monoisotopic (exact) mass is 450 g/mol. The number of nitrogens with one attached hydrogen (secondary N) is 1. The minimum absolute atomic E-state index is 0.185. The summed E-state index contributed by atoms with van der Waals surface area (Å²) in [6.07, 6.45) is 0.552. The van der Waals surface area contributed by atoms with Gasteiger partial charge in [0.05, 0.1) is 23.7 Å². The van der Waals surface area contributed by atoms with Crippen molar-refractivity contribution >= 4 is 21.6 Å². The van der Waals surface area contributed by atoms with Gasteiger partial charge in [0.1, 0.15) is 5.75 Å². The molecule has 2 unspecified atom stereocenters. The maximum Gasteiger partial charge on any atom is 0.264 e. The van der Waals surface area contributed by atoms with Crippen LogP contribution in [0.5, 0.6) is 5.75 Å². The molecule has 0 aromatic heterocycles. The first-order valence-corrected chi connectivity index (χ1v) is 11.9. The minimum Gasteiger partial charge on any atom is -0.497 e. The number of rotatable bonds is 6. The third-order valence-electron chi connectivity index (χ3n) is 5.76. The zero-order valence-electron chi connectivity index (χ0n) is 18.3. The molecule has 1 amide bonds. The standard InChI is InChI=1S/C25H26N2O4S/c1-17-15-21-16-20(25(28)26-18(2)19-9-12-22(31-3)13-10-19)11-14-24(21)27(17)32(29,30)23-7-5-4-6-8-23/h4-14,16-18H,15H2,1-3H3,(H,26,28). The lowest BCUT2D eigenvalue weighted by Crippen LogP contribution is -2.35. The molecule has 4 rings (SSSR count). The van der Waals surface area contributed by atoms with Crippen molar-refractivity contribution in [2.45, 2.75) is 37.2 Å². The largest absolute Gasteiger partial charge is 0.497 e. The van der Waals surface area contributed by atoms with Gasteiger partial charge in [0.15, 0.2) is 0 Å². The number of methoxy groups -OCH3 is 1. The fraction of sp³-hybridized carbons (Fsp3) is 0.240. The molecule has 0 spiro atoms. The number of hydrogen-bond acceptors (Lipinski definition) is 4. The number of ether oxygens (including phenoxy) is 1. The first-order valence-electron chi connectivity index (χ1n) is 10.5. The van der Waals surface area contributed by atoms with E-state index < -0.39 is 10.0 Å². The fourth-order valence-corrected chi connectivity index (χ4v) is 5.79.